The number of carbonyl (C=O) groups excluding carboxylic acids is 1. The zero-order valence-electron chi connectivity index (χ0n) is 13.0. The fourth-order valence-corrected chi connectivity index (χ4v) is 2.57. The van der Waals surface area contributed by atoms with E-state index in [1.807, 2.05) is 24.9 Å². The maximum absolute atomic E-state index is 10.9. The lowest BCUT2D eigenvalue weighted by atomic mass is 10.2. The first kappa shape index (κ1) is 16.2. The molecule has 118 valence electrons. The SMILES string of the molecule is Cc1ccc(C#N)c(N2CCO[C@@H](CN(C)CC(N)=O)C2)n1. The van der Waals surface area contributed by atoms with Gasteiger partial charge in [0.2, 0.25) is 5.91 Å². The molecule has 0 aliphatic carbocycles. The molecule has 0 radical (unpaired) electrons. The van der Waals surface area contributed by atoms with Gasteiger partial charge in [0.15, 0.2) is 0 Å². The Morgan fingerprint density at radius 3 is 3.09 bits per heavy atom. The van der Waals surface area contributed by atoms with Gasteiger partial charge in [0.1, 0.15) is 11.9 Å². The number of nitrogens with zero attached hydrogens (tertiary/aromatic N) is 4. The van der Waals surface area contributed by atoms with Gasteiger partial charge < -0.3 is 15.4 Å². The smallest absolute Gasteiger partial charge is 0.231 e. The molecule has 1 saturated heterocycles. The molecule has 0 aromatic carbocycles. The molecule has 1 amide bonds. The number of hydrogen-bond acceptors (Lipinski definition) is 6. The molecule has 22 heavy (non-hydrogen) atoms. The number of hydrogen-bond donors (Lipinski definition) is 1. The average Bonchev–Trinajstić information content (AvgIpc) is 2.46. The highest BCUT2D eigenvalue weighted by molar-refractivity contribution is 5.75. The minimum Gasteiger partial charge on any atom is -0.373 e. The Labute approximate surface area is 130 Å². The van der Waals surface area contributed by atoms with Crippen molar-refractivity contribution in [2.75, 3.05) is 44.7 Å². The topological polar surface area (TPSA) is 95.5 Å². The van der Waals surface area contributed by atoms with E-state index in [1.54, 1.807) is 6.07 Å². The second kappa shape index (κ2) is 7.20. The molecule has 0 unspecified atom stereocenters. The number of aromatic nitrogens is 1. The predicted octanol–water partition coefficient (Wildman–Crippen LogP) is -0.116. The summed E-state index contributed by atoms with van der Waals surface area (Å²) in [5, 5.41) is 9.24. The lowest BCUT2D eigenvalue weighted by molar-refractivity contribution is -0.119. The van der Waals surface area contributed by atoms with E-state index in [0.717, 1.165) is 5.69 Å². The molecule has 1 aromatic heterocycles. The van der Waals surface area contributed by atoms with Gasteiger partial charge in [-0.25, -0.2) is 4.98 Å². The van der Waals surface area contributed by atoms with E-state index in [-0.39, 0.29) is 18.6 Å². The van der Waals surface area contributed by atoms with E-state index >= 15 is 0 Å². The highest BCUT2D eigenvalue weighted by Crippen LogP contribution is 2.20. The van der Waals surface area contributed by atoms with Crippen molar-refractivity contribution in [1.82, 2.24) is 9.88 Å². The van der Waals surface area contributed by atoms with Gasteiger partial charge in [-0.05, 0) is 26.1 Å². The molecular formula is C15H21N5O2. The minimum absolute atomic E-state index is 0.0491. The van der Waals surface area contributed by atoms with Gasteiger partial charge in [0.05, 0.1) is 24.8 Å². The minimum atomic E-state index is -0.359. The molecule has 1 aliphatic heterocycles. The summed E-state index contributed by atoms with van der Waals surface area (Å²) in [7, 11) is 1.83. The number of primary amides is 1. The summed E-state index contributed by atoms with van der Waals surface area (Å²) in [6, 6.07) is 5.81. The van der Waals surface area contributed by atoms with Crippen molar-refractivity contribution in [1.29, 1.82) is 5.26 Å². The summed E-state index contributed by atoms with van der Waals surface area (Å²) < 4.78 is 5.74. The van der Waals surface area contributed by atoms with Crippen LogP contribution in [0.25, 0.3) is 0 Å². The number of nitriles is 1. The highest BCUT2D eigenvalue weighted by atomic mass is 16.5. The number of aryl methyl sites for hydroxylation is 1. The third-order valence-electron chi connectivity index (χ3n) is 3.51. The number of likely N-dealkylation sites (N-methyl/N-ethyl adjacent to an activating group) is 1. The van der Waals surface area contributed by atoms with Crippen LogP contribution in [0.1, 0.15) is 11.3 Å². The van der Waals surface area contributed by atoms with Crippen molar-refractivity contribution >= 4 is 11.7 Å². The van der Waals surface area contributed by atoms with Crippen molar-refractivity contribution in [3.05, 3.63) is 23.4 Å². The van der Waals surface area contributed by atoms with Crippen LogP contribution in [0, 0.1) is 18.3 Å². The maximum Gasteiger partial charge on any atom is 0.231 e. The highest BCUT2D eigenvalue weighted by Gasteiger charge is 2.24. The van der Waals surface area contributed by atoms with E-state index in [1.165, 1.54) is 0 Å². The number of morpholine rings is 1. The van der Waals surface area contributed by atoms with Gasteiger partial charge in [0.25, 0.3) is 0 Å². The van der Waals surface area contributed by atoms with Crippen molar-refractivity contribution in [2.24, 2.45) is 5.73 Å². The van der Waals surface area contributed by atoms with Crippen LogP contribution in [0.5, 0.6) is 0 Å². The van der Waals surface area contributed by atoms with E-state index in [4.69, 9.17) is 10.5 Å². The Morgan fingerprint density at radius 1 is 1.64 bits per heavy atom. The summed E-state index contributed by atoms with van der Waals surface area (Å²) in [4.78, 5) is 19.3. The van der Waals surface area contributed by atoms with Crippen molar-refractivity contribution < 1.29 is 9.53 Å². The third-order valence-corrected chi connectivity index (χ3v) is 3.51. The molecule has 0 saturated carbocycles. The van der Waals surface area contributed by atoms with Gasteiger partial charge in [-0.2, -0.15) is 5.26 Å². The number of nitrogens with two attached hydrogens (primary N) is 1. The van der Waals surface area contributed by atoms with Crippen LogP contribution in [0.4, 0.5) is 5.82 Å². The number of rotatable bonds is 5. The van der Waals surface area contributed by atoms with Gasteiger partial charge in [-0.1, -0.05) is 0 Å². The van der Waals surface area contributed by atoms with E-state index in [2.05, 4.69) is 16.0 Å². The first-order chi connectivity index (χ1) is 10.5. The Kier molecular flexibility index (Phi) is 5.31. The summed E-state index contributed by atoms with van der Waals surface area (Å²) in [5.74, 6) is 0.343. The Balaban J connectivity index is 2.06. The molecular weight excluding hydrogens is 282 g/mol. The second-order valence-electron chi connectivity index (χ2n) is 5.54. The lowest BCUT2D eigenvalue weighted by Crippen LogP contribution is -2.48. The summed E-state index contributed by atoms with van der Waals surface area (Å²) in [6.07, 6.45) is -0.0491. The molecule has 1 aromatic rings. The van der Waals surface area contributed by atoms with Crippen LogP contribution in [-0.2, 0) is 9.53 Å². The van der Waals surface area contributed by atoms with Gasteiger partial charge >= 0.3 is 0 Å². The molecule has 2 heterocycles. The summed E-state index contributed by atoms with van der Waals surface area (Å²) in [5.41, 5.74) is 6.64. The fourth-order valence-electron chi connectivity index (χ4n) is 2.57. The van der Waals surface area contributed by atoms with E-state index in [9.17, 15) is 10.1 Å². The number of amides is 1. The molecule has 1 fully saturated rings. The van der Waals surface area contributed by atoms with Crippen molar-refractivity contribution in [3.63, 3.8) is 0 Å². The van der Waals surface area contributed by atoms with Crippen LogP contribution >= 0.6 is 0 Å². The third kappa shape index (κ3) is 4.16. The largest absolute Gasteiger partial charge is 0.373 e. The lowest BCUT2D eigenvalue weighted by Gasteiger charge is -2.35. The van der Waals surface area contributed by atoms with Gasteiger partial charge in [-0.3, -0.25) is 9.69 Å². The van der Waals surface area contributed by atoms with Crippen molar-refractivity contribution in [3.8, 4) is 6.07 Å². The van der Waals surface area contributed by atoms with Crippen LogP contribution in [0.2, 0.25) is 0 Å². The summed E-state index contributed by atoms with van der Waals surface area (Å²) in [6.45, 7) is 4.60. The van der Waals surface area contributed by atoms with Crippen LogP contribution in [-0.4, -0.2) is 61.7 Å². The zero-order chi connectivity index (χ0) is 16.1. The normalized spacial score (nSPS) is 18.3. The first-order valence-electron chi connectivity index (χ1n) is 7.20. The molecule has 2 rings (SSSR count). The Morgan fingerprint density at radius 2 is 2.41 bits per heavy atom. The van der Waals surface area contributed by atoms with Crippen molar-refractivity contribution in [2.45, 2.75) is 13.0 Å². The molecule has 2 N–H and O–H groups in total. The molecule has 1 atom stereocenters. The molecule has 0 bridgehead atoms. The quantitative estimate of drug-likeness (QED) is 0.815. The number of carbonyl (C=O) groups is 1. The number of anilines is 1. The molecule has 7 heteroatoms. The van der Waals surface area contributed by atoms with Crippen LogP contribution in [0.15, 0.2) is 12.1 Å². The van der Waals surface area contributed by atoms with E-state index < -0.39 is 0 Å². The monoisotopic (exact) mass is 303 g/mol. The van der Waals surface area contributed by atoms with Gasteiger partial charge in [-0.15, -0.1) is 0 Å². The molecule has 0 spiro atoms. The molecule has 1 aliphatic rings. The predicted molar refractivity (Wildman–Crippen MR) is 82.3 cm³/mol. The van der Waals surface area contributed by atoms with E-state index in [0.29, 0.717) is 37.6 Å². The first-order valence-corrected chi connectivity index (χ1v) is 7.20. The van der Waals surface area contributed by atoms with Gasteiger partial charge in [0, 0.05) is 25.3 Å². The molecule has 7 nitrogen and oxygen atoms in total. The Bertz CT molecular complexity index is 584. The second-order valence-corrected chi connectivity index (χ2v) is 5.54. The number of ether oxygens (including phenoxy) is 1. The summed E-state index contributed by atoms with van der Waals surface area (Å²) >= 11 is 0. The fraction of sp³-hybridized carbons (Fsp3) is 0.533. The Hall–Kier alpha value is -2.17. The zero-order valence-corrected chi connectivity index (χ0v) is 13.0. The van der Waals surface area contributed by atoms with Crippen LogP contribution < -0.4 is 10.6 Å². The average molecular weight is 303 g/mol. The van der Waals surface area contributed by atoms with Crippen LogP contribution in [0.3, 0.4) is 0 Å². The maximum atomic E-state index is 10.9. The standard InChI is InChI=1S/C15H21N5O2/c1-11-3-4-12(7-16)15(18-11)20-5-6-22-13(9-20)8-19(2)10-14(17)21/h3-4,13H,5-6,8-10H2,1-2H3,(H2,17,21)/t13-/m0/s1. The number of pyridine rings is 1.